The van der Waals surface area contributed by atoms with Crippen LogP contribution in [0.2, 0.25) is 0 Å². The SMILES string of the molecule is CC1(NC(=O)C(N)CCS(C)(=O)=O)CCCCC1. The molecule has 1 saturated carbocycles. The van der Waals surface area contributed by atoms with Crippen molar-refractivity contribution in [2.24, 2.45) is 5.73 Å². The van der Waals surface area contributed by atoms with Gasteiger partial charge in [-0.05, 0) is 26.2 Å². The van der Waals surface area contributed by atoms with Crippen LogP contribution < -0.4 is 11.1 Å². The molecule has 106 valence electrons. The van der Waals surface area contributed by atoms with Crippen LogP contribution in [0.5, 0.6) is 0 Å². The number of sulfone groups is 1. The van der Waals surface area contributed by atoms with Crippen LogP contribution in [0.1, 0.15) is 45.4 Å². The summed E-state index contributed by atoms with van der Waals surface area (Å²) in [7, 11) is -3.06. The minimum atomic E-state index is -3.06. The molecule has 0 heterocycles. The van der Waals surface area contributed by atoms with E-state index in [9.17, 15) is 13.2 Å². The zero-order valence-electron chi connectivity index (χ0n) is 11.2. The Morgan fingerprint density at radius 2 is 1.89 bits per heavy atom. The van der Waals surface area contributed by atoms with Gasteiger partial charge in [0.2, 0.25) is 5.91 Å². The highest BCUT2D eigenvalue weighted by Gasteiger charge is 2.30. The van der Waals surface area contributed by atoms with Crippen molar-refractivity contribution in [2.45, 2.75) is 57.0 Å². The molecule has 0 spiro atoms. The van der Waals surface area contributed by atoms with Gasteiger partial charge >= 0.3 is 0 Å². The molecule has 1 atom stereocenters. The summed E-state index contributed by atoms with van der Waals surface area (Å²) < 4.78 is 22.0. The molecule has 0 radical (unpaired) electrons. The molecule has 0 saturated heterocycles. The number of nitrogens with two attached hydrogens (primary N) is 1. The van der Waals surface area contributed by atoms with Crippen molar-refractivity contribution in [3.8, 4) is 0 Å². The average Bonchev–Trinajstić information content (AvgIpc) is 2.25. The first-order valence-corrected chi connectivity index (χ1v) is 8.53. The molecule has 1 aliphatic carbocycles. The maximum Gasteiger partial charge on any atom is 0.237 e. The molecule has 1 aliphatic rings. The molecule has 5 nitrogen and oxygen atoms in total. The van der Waals surface area contributed by atoms with Gasteiger partial charge in [0, 0.05) is 11.8 Å². The second-order valence-electron chi connectivity index (χ2n) is 5.64. The number of carbonyl (C=O) groups is 1. The predicted octanol–water partition coefficient (Wildman–Crippen LogP) is 0.587. The Bertz CT molecular complexity index is 386. The lowest BCUT2D eigenvalue weighted by molar-refractivity contribution is -0.124. The summed E-state index contributed by atoms with van der Waals surface area (Å²) in [5, 5.41) is 2.97. The highest BCUT2D eigenvalue weighted by Crippen LogP contribution is 2.27. The molecular formula is C12H24N2O3S. The highest BCUT2D eigenvalue weighted by atomic mass is 32.2. The molecule has 18 heavy (non-hydrogen) atoms. The van der Waals surface area contributed by atoms with Crippen LogP contribution in [0.25, 0.3) is 0 Å². The van der Waals surface area contributed by atoms with Gasteiger partial charge in [-0.25, -0.2) is 8.42 Å². The first kappa shape index (κ1) is 15.4. The van der Waals surface area contributed by atoms with E-state index in [0.717, 1.165) is 31.9 Å². The Labute approximate surface area is 109 Å². The number of rotatable bonds is 5. The van der Waals surface area contributed by atoms with E-state index in [0.29, 0.717) is 0 Å². The number of nitrogens with one attached hydrogen (secondary N) is 1. The summed E-state index contributed by atoms with van der Waals surface area (Å²) >= 11 is 0. The van der Waals surface area contributed by atoms with E-state index in [-0.39, 0.29) is 23.6 Å². The third-order valence-corrected chi connectivity index (χ3v) is 4.50. The largest absolute Gasteiger partial charge is 0.350 e. The molecule has 0 aromatic carbocycles. The second kappa shape index (κ2) is 6.02. The normalized spacial score (nSPS) is 21.3. The molecule has 1 rings (SSSR count). The van der Waals surface area contributed by atoms with Crippen molar-refractivity contribution < 1.29 is 13.2 Å². The predicted molar refractivity (Wildman–Crippen MR) is 71.9 cm³/mol. The minimum Gasteiger partial charge on any atom is -0.350 e. The molecule has 3 N–H and O–H groups in total. The van der Waals surface area contributed by atoms with Crippen molar-refractivity contribution in [2.75, 3.05) is 12.0 Å². The van der Waals surface area contributed by atoms with Crippen LogP contribution in [-0.4, -0.2) is 37.9 Å². The average molecular weight is 276 g/mol. The number of hydrogen-bond donors (Lipinski definition) is 2. The van der Waals surface area contributed by atoms with Gasteiger partial charge in [0.1, 0.15) is 9.84 Å². The van der Waals surface area contributed by atoms with E-state index in [1.165, 1.54) is 6.42 Å². The first-order chi connectivity index (χ1) is 8.22. The van der Waals surface area contributed by atoms with E-state index < -0.39 is 15.9 Å². The lowest BCUT2D eigenvalue weighted by Gasteiger charge is -2.35. The van der Waals surface area contributed by atoms with E-state index in [2.05, 4.69) is 5.32 Å². The van der Waals surface area contributed by atoms with Crippen molar-refractivity contribution >= 4 is 15.7 Å². The minimum absolute atomic E-state index is 0.0434. The molecule has 0 aromatic heterocycles. The third kappa shape index (κ3) is 5.35. The Morgan fingerprint density at radius 1 is 1.33 bits per heavy atom. The van der Waals surface area contributed by atoms with Crippen LogP contribution in [-0.2, 0) is 14.6 Å². The van der Waals surface area contributed by atoms with E-state index >= 15 is 0 Å². The van der Waals surface area contributed by atoms with Gasteiger partial charge in [-0.15, -0.1) is 0 Å². The van der Waals surface area contributed by atoms with Crippen LogP contribution in [0, 0.1) is 0 Å². The first-order valence-electron chi connectivity index (χ1n) is 6.47. The fraction of sp³-hybridized carbons (Fsp3) is 0.917. The number of amides is 1. The van der Waals surface area contributed by atoms with Crippen LogP contribution in [0.4, 0.5) is 0 Å². The molecule has 0 aliphatic heterocycles. The van der Waals surface area contributed by atoms with Gasteiger partial charge in [0.25, 0.3) is 0 Å². The standard InChI is InChI=1S/C12H24N2O3S/c1-12(7-4-3-5-8-12)14-11(15)10(13)6-9-18(2,16)17/h10H,3-9,13H2,1-2H3,(H,14,15). The van der Waals surface area contributed by atoms with Gasteiger partial charge < -0.3 is 11.1 Å². The van der Waals surface area contributed by atoms with Gasteiger partial charge in [0.15, 0.2) is 0 Å². The smallest absolute Gasteiger partial charge is 0.237 e. The summed E-state index contributed by atoms with van der Waals surface area (Å²) in [4.78, 5) is 11.9. The van der Waals surface area contributed by atoms with E-state index in [4.69, 9.17) is 5.73 Å². The molecule has 1 unspecified atom stereocenters. The highest BCUT2D eigenvalue weighted by molar-refractivity contribution is 7.90. The fourth-order valence-electron chi connectivity index (χ4n) is 2.32. The summed E-state index contributed by atoms with van der Waals surface area (Å²) in [5.41, 5.74) is 5.56. The van der Waals surface area contributed by atoms with Gasteiger partial charge in [0.05, 0.1) is 11.8 Å². The number of hydrogen-bond acceptors (Lipinski definition) is 4. The summed E-state index contributed by atoms with van der Waals surface area (Å²) in [6.45, 7) is 2.04. The Morgan fingerprint density at radius 3 is 2.39 bits per heavy atom. The summed E-state index contributed by atoms with van der Waals surface area (Å²) in [6.07, 6.45) is 6.73. The van der Waals surface area contributed by atoms with Gasteiger partial charge in [-0.2, -0.15) is 0 Å². The topological polar surface area (TPSA) is 89.3 Å². The third-order valence-electron chi connectivity index (χ3n) is 3.52. The zero-order chi connectivity index (χ0) is 13.8. The fourth-order valence-corrected chi connectivity index (χ4v) is 3.00. The number of carbonyl (C=O) groups excluding carboxylic acids is 1. The Kier molecular flexibility index (Phi) is 5.16. The Hall–Kier alpha value is -0.620. The zero-order valence-corrected chi connectivity index (χ0v) is 12.1. The van der Waals surface area contributed by atoms with Crippen molar-refractivity contribution in [3.63, 3.8) is 0 Å². The molecule has 6 heteroatoms. The quantitative estimate of drug-likeness (QED) is 0.769. The molecule has 0 aromatic rings. The lowest BCUT2D eigenvalue weighted by Crippen LogP contribution is -2.53. The lowest BCUT2D eigenvalue weighted by atomic mass is 9.83. The van der Waals surface area contributed by atoms with Crippen LogP contribution in [0.15, 0.2) is 0 Å². The molecular weight excluding hydrogens is 252 g/mol. The van der Waals surface area contributed by atoms with E-state index in [1.54, 1.807) is 0 Å². The molecule has 0 bridgehead atoms. The molecule has 1 fully saturated rings. The van der Waals surface area contributed by atoms with Gasteiger partial charge in [-0.1, -0.05) is 19.3 Å². The van der Waals surface area contributed by atoms with Crippen molar-refractivity contribution in [1.29, 1.82) is 0 Å². The van der Waals surface area contributed by atoms with Crippen molar-refractivity contribution in [1.82, 2.24) is 5.32 Å². The van der Waals surface area contributed by atoms with E-state index in [1.807, 2.05) is 6.92 Å². The monoisotopic (exact) mass is 276 g/mol. The summed E-state index contributed by atoms with van der Waals surface area (Å²) in [5.74, 6) is -0.277. The molecule has 1 amide bonds. The Balaban J connectivity index is 2.44. The van der Waals surface area contributed by atoms with Gasteiger partial charge in [-0.3, -0.25) is 4.79 Å². The maximum atomic E-state index is 11.9. The van der Waals surface area contributed by atoms with Crippen LogP contribution in [0.3, 0.4) is 0 Å². The maximum absolute atomic E-state index is 11.9. The summed E-state index contributed by atoms with van der Waals surface area (Å²) in [6, 6.07) is -0.738. The van der Waals surface area contributed by atoms with Crippen LogP contribution >= 0.6 is 0 Å². The second-order valence-corrected chi connectivity index (χ2v) is 7.90. The van der Waals surface area contributed by atoms with Crippen molar-refractivity contribution in [3.05, 3.63) is 0 Å².